The minimum atomic E-state index is -0.407. The normalized spacial score (nSPS) is 10.1. The van der Waals surface area contributed by atoms with Gasteiger partial charge in [0.25, 0.3) is 0 Å². The minimum absolute atomic E-state index is 0.371. The number of rotatable bonds is 9. The van der Waals surface area contributed by atoms with Crippen LogP contribution >= 0.6 is 11.9 Å². The summed E-state index contributed by atoms with van der Waals surface area (Å²) in [7, 11) is 0. The summed E-state index contributed by atoms with van der Waals surface area (Å²) in [6, 6.07) is 7.37. The monoisotopic (exact) mass is 359 g/mol. The summed E-state index contributed by atoms with van der Waals surface area (Å²) < 4.78 is 3.14. The zero-order chi connectivity index (χ0) is 17.9. The molecule has 9 heteroatoms. The number of hydrogen-bond donors (Lipinski definition) is 5. The molecule has 1 aromatic heterocycles. The van der Waals surface area contributed by atoms with Crippen LogP contribution in [0.3, 0.4) is 0 Å². The van der Waals surface area contributed by atoms with Crippen molar-refractivity contribution >= 4 is 30.3 Å². The molecule has 0 radical (unpaired) electrons. The van der Waals surface area contributed by atoms with Gasteiger partial charge in [-0.15, -0.1) is 0 Å². The average Bonchev–Trinajstić information content (AvgIpc) is 2.65. The van der Waals surface area contributed by atoms with Gasteiger partial charge >= 0.3 is 6.03 Å². The SMILES string of the molecule is CSNCCNc1ncc(-c2cccc(CNC(=O)NC=N)c2)cn1. The number of hydrogen-bond acceptors (Lipinski definition) is 7. The first-order chi connectivity index (χ1) is 12.2. The number of urea groups is 1. The van der Waals surface area contributed by atoms with E-state index in [4.69, 9.17) is 5.41 Å². The number of aromatic nitrogens is 2. The lowest BCUT2D eigenvalue weighted by atomic mass is 10.1. The average molecular weight is 359 g/mol. The summed E-state index contributed by atoms with van der Waals surface area (Å²) in [4.78, 5) is 20.0. The molecular weight excluding hydrogens is 338 g/mol. The fourth-order valence-electron chi connectivity index (χ4n) is 2.06. The molecule has 1 heterocycles. The maximum absolute atomic E-state index is 11.3. The molecule has 25 heavy (non-hydrogen) atoms. The van der Waals surface area contributed by atoms with E-state index in [2.05, 4.69) is 30.6 Å². The largest absolute Gasteiger partial charge is 0.353 e. The molecule has 0 fully saturated rings. The molecular formula is C16H21N7OS. The van der Waals surface area contributed by atoms with Crippen LogP contribution in [0.5, 0.6) is 0 Å². The number of carbonyl (C=O) groups is 1. The molecule has 0 unspecified atom stereocenters. The van der Waals surface area contributed by atoms with Crippen molar-refractivity contribution in [2.45, 2.75) is 6.54 Å². The van der Waals surface area contributed by atoms with Crippen LogP contribution in [0, 0.1) is 5.41 Å². The number of anilines is 1. The summed E-state index contributed by atoms with van der Waals surface area (Å²) in [6.45, 7) is 1.95. The molecule has 132 valence electrons. The zero-order valence-corrected chi connectivity index (χ0v) is 14.7. The van der Waals surface area contributed by atoms with E-state index in [0.29, 0.717) is 12.5 Å². The van der Waals surface area contributed by atoms with Gasteiger partial charge in [0.05, 0.1) is 6.34 Å². The Morgan fingerprint density at radius 3 is 2.76 bits per heavy atom. The van der Waals surface area contributed by atoms with Gasteiger partial charge in [0.1, 0.15) is 0 Å². The van der Waals surface area contributed by atoms with E-state index in [0.717, 1.165) is 36.1 Å². The van der Waals surface area contributed by atoms with E-state index in [9.17, 15) is 4.79 Å². The summed E-state index contributed by atoms with van der Waals surface area (Å²) in [5, 5.41) is 14.9. The van der Waals surface area contributed by atoms with E-state index in [1.807, 2.05) is 30.5 Å². The Morgan fingerprint density at radius 2 is 2.04 bits per heavy atom. The molecule has 5 N–H and O–H groups in total. The number of nitrogens with one attached hydrogen (secondary N) is 5. The van der Waals surface area contributed by atoms with Crippen molar-refractivity contribution in [1.29, 1.82) is 5.41 Å². The van der Waals surface area contributed by atoms with Crippen molar-refractivity contribution in [2.24, 2.45) is 0 Å². The highest BCUT2D eigenvalue weighted by atomic mass is 32.2. The van der Waals surface area contributed by atoms with Crippen LogP contribution in [0.2, 0.25) is 0 Å². The molecule has 0 saturated heterocycles. The maximum Gasteiger partial charge on any atom is 0.320 e. The first-order valence-corrected chi connectivity index (χ1v) is 8.90. The molecule has 0 saturated carbocycles. The lowest BCUT2D eigenvalue weighted by Crippen LogP contribution is -2.33. The molecule has 0 atom stereocenters. The number of benzene rings is 1. The Hall–Kier alpha value is -2.65. The Balaban J connectivity index is 1.95. The van der Waals surface area contributed by atoms with Gasteiger partial charge in [-0.2, -0.15) is 0 Å². The summed E-state index contributed by atoms with van der Waals surface area (Å²) in [5.41, 5.74) is 2.82. The van der Waals surface area contributed by atoms with E-state index in [1.54, 1.807) is 24.3 Å². The highest BCUT2D eigenvalue weighted by Gasteiger charge is 2.03. The number of carbonyl (C=O) groups excluding carboxylic acids is 1. The second-order valence-corrected chi connectivity index (χ2v) is 5.69. The highest BCUT2D eigenvalue weighted by molar-refractivity contribution is 7.96. The maximum atomic E-state index is 11.3. The molecule has 0 aliphatic heterocycles. The predicted molar refractivity (Wildman–Crippen MR) is 102 cm³/mol. The van der Waals surface area contributed by atoms with Crippen molar-refractivity contribution < 1.29 is 4.79 Å². The lowest BCUT2D eigenvalue weighted by Gasteiger charge is -2.08. The van der Waals surface area contributed by atoms with E-state index < -0.39 is 6.03 Å². The Labute approximate surface area is 150 Å². The quantitative estimate of drug-likeness (QED) is 0.202. The Kier molecular flexibility index (Phi) is 7.67. The van der Waals surface area contributed by atoms with Crippen molar-refractivity contribution in [3.05, 3.63) is 42.2 Å². The molecule has 0 aliphatic carbocycles. The first kappa shape index (κ1) is 18.7. The molecule has 1 aromatic carbocycles. The van der Waals surface area contributed by atoms with Crippen molar-refractivity contribution in [3.8, 4) is 11.1 Å². The lowest BCUT2D eigenvalue weighted by molar-refractivity contribution is 0.245. The van der Waals surface area contributed by atoms with E-state index in [-0.39, 0.29) is 0 Å². The van der Waals surface area contributed by atoms with Crippen molar-refractivity contribution in [2.75, 3.05) is 24.7 Å². The van der Waals surface area contributed by atoms with E-state index in [1.165, 1.54) is 0 Å². The standard InChI is InChI=1S/C16H21N7OS/c1-25-23-6-5-18-15-19-9-14(10-20-15)13-4-2-3-12(7-13)8-21-16(24)22-11-17/h2-4,7,9-11,23H,5-6,8H2,1H3,(H,18,19,20)(H3,17,21,22,24). The van der Waals surface area contributed by atoms with Gasteiger partial charge in [-0.05, 0) is 23.4 Å². The topological polar surface area (TPSA) is 115 Å². The molecule has 8 nitrogen and oxygen atoms in total. The zero-order valence-electron chi connectivity index (χ0n) is 13.9. The summed E-state index contributed by atoms with van der Waals surface area (Å²) in [5.74, 6) is 0.591. The smallest absolute Gasteiger partial charge is 0.320 e. The van der Waals surface area contributed by atoms with Gasteiger partial charge in [-0.1, -0.05) is 30.1 Å². The van der Waals surface area contributed by atoms with Gasteiger partial charge in [-0.25, -0.2) is 14.8 Å². The second-order valence-electron chi connectivity index (χ2n) is 4.99. The van der Waals surface area contributed by atoms with Crippen LogP contribution in [-0.2, 0) is 6.54 Å². The van der Waals surface area contributed by atoms with Crippen LogP contribution in [0.1, 0.15) is 5.56 Å². The van der Waals surface area contributed by atoms with Crippen LogP contribution in [0.4, 0.5) is 10.7 Å². The van der Waals surface area contributed by atoms with Crippen molar-refractivity contribution in [3.63, 3.8) is 0 Å². The highest BCUT2D eigenvalue weighted by Crippen LogP contribution is 2.19. The first-order valence-electron chi connectivity index (χ1n) is 7.67. The molecule has 2 aromatic rings. The van der Waals surface area contributed by atoms with Crippen LogP contribution in [0.15, 0.2) is 36.7 Å². The number of amides is 2. The van der Waals surface area contributed by atoms with E-state index >= 15 is 0 Å². The van der Waals surface area contributed by atoms with Crippen LogP contribution in [0.25, 0.3) is 11.1 Å². The Bertz CT molecular complexity index is 693. The molecule has 2 rings (SSSR count). The van der Waals surface area contributed by atoms with Crippen LogP contribution in [-0.4, -0.2) is 41.7 Å². The Morgan fingerprint density at radius 1 is 1.24 bits per heavy atom. The molecule has 0 bridgehead atoms. The third-order valence-corrected chi connectivity index (χ3v) is 3.72. The van der Waals surface area contributed by atoms with Crippen LogP contribution < -0.4 is 20.7 Å². The van der Waals surface area contributed by atoms with Gasteiger partial charge < -0.3 is 10.6 Å². The third kappa shape index (κ3) is 6.40. The van der Waals surface area contributed by atoms with Gasteiger partial charge in [-0.3, -0.25) is 15.4 Å². The third-order valence-electron chi connectivity index (χ3n) is 3.22. The minimum Gasteiger partial charge on any atom is -0.353 e. The fraction of sp³-hybridized carbons (Fsp3) is 0.250. The van der Waals surface area contributed by atoms with Gasteiger partial charge in [0.15, 0.2) is 0 Å². The molecule has 2 amide bonds. The summed E-state index contributed by atoms with van der Waals surface area (Å²) >= 11 is 1.57. The van der Waals surface area contributed by atoms with Gasteiger partial charge in [0.2, 0.25) is 5.95 Å². The summed E-state index contributed by atoms with van der Waals surface area (Å²) in [6.07, 6.45) is 6.36. The van der Waals surface area contributed by atoms with Gasteiger partial charge in [0, 0.05) is 37.6 Å². The van der Waals surface area contributed by atoms with Crippen molar-refractivity contribution in [1.82, 2.24) is 25.3 Å². The molecule has 0 aliphatic rings. The predicted octanol–water partition coefficient (Wildman–Crippen LogP) is 1.83. The second kappa shape index (κ2) is 10.3. The fourth-order valence-corrected chi connectivity index (χ4v) is 2.36. The molecule has 0 spiro atoms. The number of nitrogens with zero attached hydrogens (tertiary/aromatic N) is 2.